The molecule has 104 valence electrons. The quantitative estimate of drug-likeness (QED) is 0.815. The number of halogens is 3. The Bertz CT molecular complexity index is 689. The van der Waals surface area contributed by atoms with E-state index in [1.54, 1.807) is 19.1 Å². The Morgan fingerprint density at radius 1 is 1.25 bits per heavy atom. The maximum atomic E-state index is 13.5. The number of amides is 1. The average Bonchev–Trinajstić information content (AvgIpc) is 2.38. The second-order valence-electron chi connectivity index (χ2n) is 4.25. The van der Waals surface area contributed by atoms with E-state index in [1.807, 2.05) is 0 Å². The third-order valence-corrected chi connectivity index (χ3v) is 3.29. The van der Waals surface area contributed by atoms with Crippen LogP contribution in [0.1, 0.15) is 15.9 Å². The van der Waals surface area contributed by atoms with Crippen LogP contribution in [-0.4, -0.2) is 5.91 Å². The van der Waals surface area contributed by atoms with Crippen LogP contribution in [0.2, 0.25) is 0 Å². The Balaban J connectivity index is 2.35. The van der Waals surface area contributed by atoms with Crippen molar-refractivity contribution < 1.29 is 13.6 Å². The molecule has 0 saturated carbocycles. The summed E-state index contributed by atoms with van der Waals surface area (Å²) in [4.78, 5) is 12.1. The summed E-state index contributed by atoms with van der Waals surface area (Å²) in [5.74, 6) is -1.90. The van der Waals surface area contributed by atoms with Crippen LogP contribution in [0.15, 0.2) is 34.8 Å². The maximum absolute atomic E-state index is 13.5. The summed E-state index contributed by atoms with van der Waals surface area (Å²) in [6.07, 6.45) is 0. The molecule has 0 radical (unpaired) electrons. The number of rotatable bonds is 2. The molecule has 0 unspecified atom stereocenters. The van der Waals surface area contributed by atoms with Gasteiger partial charge in [-0.1, -0.05) is 15.9 Å². The predicted molar refractivity (Wildman–Crippen MR) is 77.6 cm³/mol. The Hall–Kier alpha value is -1.95. The second-order valence-corrected chi connectivity index (χ2v) is 5.16. The van der Waals surface area contributed by atoms with Gasteiger partial charge in [-0.2, -0.15) is 0 Å². The van der Waals surface area contributed by atoms with Crippen LogP contribution in [0.25, 0.3) is 0 Å². The molecule has 2 aromatic rings. The molecule has 3 N–H and O–H groups in total. The van der Waals surface area contributed by atoms with Crippen molar-refractivity contribution in [2.45, 2.75) is 6.92 Å². The smallest absolute Gasteiger partial charge is 0.256 e. The van der Waals surface area contributed by atoms with Crippen LogP contribution >= 0.6 is 15.9 Å². The molecule has 0 saturated heterocycles. The Morgan fingerprint density at radius 2 is 1.95 bits per heavy atom. The molecule has 2 rings (SSSR count). The van der Waals surface area contributed by atoms with Crippen molar-refractivity contribution in [3.63, 3.8) is 0 Å². The normalized spacial score (nSPS) is 10.4. The zero-order valence-corrected chi connectivity index (χ0v) is 12.1. The van der Waals surface area contributed by atoms with Crippen molar-refractivity contribution in [1.82, 2.24) is 0 Å². The molecule has 0 spiro atoms. The molecule has 2 aromatic carbocycles. The van der Waals surface area contributed by atoms with Gasteiger partial charge in [0.15, 0.2) is 0 Å². The zero-order valence-electron chi connectivity index (χ0n) is 10.5. The lowest BCUT2D eigenvalue weighted by molar-refractivity contribution is 0.102. The van der Waals surface area contributed by atoms with Gasteiger partial charge in [-0.05, 0) is 36.8 Å². The third kappa shape index (κ3) is 2.96. The Labute approximate surface area is 122 Å². The molecule has 6 heteroatoms. The molecular weight excluding hydrogens is 330 g/mol. The lowest BCUT2D eigenvalue weighted by Gasteiger charge is -2.11. The van der Waals surface area contributed by atoms with Crippen molar-refractivity contribution in [2.24, 2.45) is 0 Å². The van der Waals surface area contributed by atoms with E-state index in [9.17, 15) is 13.6 Å². The van der Waals surface area contributed by atoms with Gasteiger partial charge in [0.1, 0.15) is 11.6 Å². The summed E-state index contributed by atoms with van der Waals surface area (Å²) in [5.41, 5.74) is 6.85. The number of carbonyl (C=O) groups is 1. The minimum absolute atomic E-state index is 0.215. The molecule has 20 heavy (non-hydrogen) atoms. The molecule has 0 aliphatic carbocycles. The average molecular weight is 341 g/mol. The van der Waals surface area contributed by atoms with Crippen molar-refractivity contribution in [3.05, 3.63) is 57.6 Å². The number of nitrogens with two attached hydrogens (primary N) is 1. The molecule has 1 amide bonds. The molecule has 0 bridgehead atoms. The van der Waals surface area contributed by atoms with Gasteiger partial charge in [0, 0.05) is 21.8 Å². The van der Waals surface area contributed by atoms with Gasteiger partial charge in [-0.3, -0.25) is 4.79 Å². The first kappa shape index (κ1) is 14.5. The molecule has 0 heterocycles. The minimum atomic E-state index is -0.708. The summed E-state index contributed by atoms with van der Waals surface area (Å²) >= 11 is 3.23. The second kappa shape index (κ2) is 5.58. The summed E-state index contributed by atoms with van der Waals surface area (Å²) in [7, 11) is 0. The number of nitrogens with one attached hydrogen (secondary N) is 1. The standard InChI is InChI=1S/C14H11BrF2N2O/c1-7-10(4-8(15)5-12(7)18)14(20)19-13-6-9(16)2-3-11(13)17/h2-6H,18H2,1H3,(H,19,20). The van der Waals surface area contributed by atoms with E-state index < -0.39 is 17.5 Å². The maximum Gasteiger partial charge on any atom is 0.256 e. The molecule has 0 aromatic heterocycles. The van der Waals surface area contributed by atoms with Crippen LogP contribution in [0.3, 0.4) is 0 Å². The largest absolute Gasteiger partial charge is 0.398 e. The first-order valence-corrected chi connectivity index (χ1v) is 6.50. The number of carbonyl (C=O) groups excluding carboxylic acids is 1. The molecule has 0 aliphatic heterocycles. The highest BCUT2D eigenvalue weighted by Gasteiger charge is 2.14. The van der Waals surface area contributed by atoms with E-state index in [0.717, 1.165) is 18.2 Å². The highest BCUT2D eigenvalue weighted by molar-refractivity contribution is 9.10. The van der Waals surface area contributed by atoms with Gasteiger partial charge in [0.25, 0.3) is 5.91 Å². The highest BCUT2D eigenvalue weighted by Crippen LogP contribution is 2.24. The lowest BCUT2D eigenvalue weighted by Crippen LogP contribution is -2.15. The molecule has 0 atom stereocenters. The van der Waals surface area contributed by atoms with E-state index in [-0.39, 0.29) is 5.69 Å². The van der Waals surface area contributed by atoms with Gasteiger partial charge in [-0.15, -0.1) is 0 Å². The SMILES string of the molecule is Cc1c(N)cc(Br)cc1C(=O)Nc1cc(F)ccc1F. The number of hydrogen-bond donors (Lipinski definition) is 2. The number of nitrogen functional groups attached to an aromatic ring is 1. The Kier molecular flexibility index (Phi) is 4.04. The zero-order chi connectivity index (χ0) is 14.9. The molecule has 3 nitrogen and oxygen atoms in total. The van der Waals surface area contributed by atoms with Crippen LogP contribution < -0.4 is 11.1 Å². The highest BCUT2D eigenvalue weighted by atomic mass is 79.9. The number of anilines is 2. The fraction of sp³-hybridized carbons (Fsp3) is 0.0714. The summed E-state index contributed by atoms with van der Waals surface area (Å²) in [6.45, 7) is 1.68. The van der Waals surface area contributed by atoms with E-state index in [2.05, 4.69) is 21.2 Å². The van der Waals surface area contributed by atoms with E-state index in [1.165, 1.54) is 0 Å². The van der Waals surface area contributed by atoms with Crippen LogP contribution in [0, 0.1) is 18.6 Å². The summed E-state index contributed by atoms with van der Waals surface area (Å²) in [5, 5.41) is 2.33. The van der Waals surface area contributed by atoms with E-state index in [4.69, 9.17) is 5.73 Å². The molecule has 0 fully saturated rings. The van der Waals surface area contributed by atoms with Crippen molar-refractivity contribution in [2.75, 3.05) is 11.1 Å². The molecular formula is C14H11BrF2N2O. The lowest BCUT2D eigenvalue weighted by atomic mass is 10.1. The first-order chi connectivity index (χ1) is 9.38. The van der Waals surface area contributed by atoms with Crippen LogP contribution in [0.4, 0.5) is 20.2 Å². The fourth-order valence-corrected chi connectivity index (χ4v) is 2.19. The number of benzene rings is 2. The van der Waals surface area contributed by atoms with Gasteiger partial charge < -0.3 is 11.1 Å². The predicted octanol–water partition coefficient (Wildman–Crippen LogP) is 3.87. The summed E-state index contributed by atoms with van der Waals surface area (Å²) in [6, 6.07) is 6.08. The van der Waals surface area contributed by atoms with E-state index >= 15 is 0 Å². The van der Waals surface area contributed by atoms with Crippen LogP contribution in [0.5, 0.6) is 0 Å². The monoisotopic (exact) mass is 340 g/mol. The minimum Gasteiger partial charge on any atom is -0.398 e. The van der Waals surface area contributed by atoms with Crippen molar-refractivity contribution >= 4 is 33.2 Å². The van der Waals surface area contributed by atoms with Gasteiger partial charge >= 0.3 is 0 Å². The Morgan fingerprint density at radius 3 is 2.65 bits per heavy atom. The van der Waals surface area contributed by atoms with Gasteiger partial charge in [0.2, 0.25) is 0 Å². The topological polar surface area (TPSA) is 55.1 Å². The van der Waals surface area contributed by atoms with Crippen molar-refractivity contribution in [1.29, 1.82) is 0 Å². The molecule has 0 aliphatic rings. The summed E-state index contributed by atoms with van der Waals surface area (Å²) < 4.78 is 27.2. The number of hydrogen-bond acceptors (Lipinski definition) is 2. The van der Waals surface area contributed by atoms with Gasteiger partial charge in [0.05, 0.1) is 5.69 Å². The van der Waals surface area contributed by atoms with Crippen LogP contribution in [-0.2, 0) is 0 Å². The first-order valence-electron chi connectivity index (χ1n) is 5.70. The third-order valence-electron chi connectivity index (χ3n) is 2.83. The van der Waals surface area contributed by atoms with Crippen molar-refractivity contribution in [3.8, 4) is 0 Å². The van der Waals surface area contributed by atoms with Gasteiger partial charge in [-0.25, -0.2) is 8.78 Å². The fourth-order valence-electron chi connectivity index (χ4n) is 1.72. The van der Waals surface area contributed by atoms with E-state index in [0.29, 0.717) is 21.3 Å².